The molecule has 0 unspecified atom stereocenters. The van der Waals surface area contributed by atoms with Gasteiger partial charge in [-0.1, -0.05) is 13.3 Å². The predicted octanol–water partition coefficient (Wildman–Crippen LogP) is 3.12. The Kier molecular flexibility index (Phi) is 5.64. The molecule has 6 heteroatoms. The van der Waals surface area contributed by atoms with E-state index in [4.69, 9.17) is 5.26 Å². The Hall–Kier alpha value is -2.94. The van der Waals surface area contributed by atoms with Gasteiger partial charge in [-0.2, -0.15) is 5.26 Å². The molecule has 0 saturated heterocycles. The number of aromatic nitrogens is 2. The third-order valence-electron chi connectivity index (χ3n) is 3.17. The summed E-state index contributed by atoms with van der Waals surface area (Å²) in [5, 5.41) is 14.7. The summed E-state index contributed by atoms with van der Waals surface area (Å²) >= 11 is 0. The third-order valence-corrected chi connectivity index (χ3v) is 3.17. The Morgan fingerprint density at radius 2 is 2.00 bits per heavy atom. The molecule has 0 aliphatic rings. The lowest BCUT2D eigenvalue weighted by atomic mass is 10.2. The number of nitrogens with one attached hydrogen (secondary N) is 2. The predicted molar refractivity (Wildman–Crippen MR) is 89.3 cm³/mol. The van der Waals surface area contributed by atoms with Crippen LogP contribution < -0.4 is 10.6 Å². The summed E-state index contributed by atoms with van der Waals surface area (Å²) in [5.41, 5.74) is 2.19. The number of nitrogens with zero attached hydrogens (tertiary/aromatic N) is 3. The normalized spacial score (nSPS) is 9.96. The van der Waals surface area contributed by atoms with Crippen LogP contribution in [0.5, 0.6) is 0 Å². The average Bonchev–Trinajstić information content (AvgIpc) is 2.55. The van der Waals surface area contributed by atoms with Crippen molar-refractivity contribution in [1.82, 2.24) is 9.97 Å². The zero-order valence-corrected chi connectivity index (χ0v) is 13.3. The first-order valence-corrected chi connectivity index (χ1v) is 7.53. The number of carbonyl (C=O) groups is 1. The number of rotatable bonds is 6. The molecule has 1 heterocycles. The first-order chi connectivity index (χ1) is 11.1. The Labute approximate surface area is 135 Å². The third kappa shape index (κ3) is 4.78. The lowest BCUT2D eigenvalue weighted by Crippen LogP contribution is -2.16. The van der Waals surface area contributed by atoms with E-state index < -0.39 is 0 Å². The van der Waals surface area contributed by atoms with Crippen molar-refractivity contribution in [2.45, 2.75) is 26.7 Å². The highest BCUT2D eigenvalue weighted by molar-refractivity contribution is 6.03. The van der Waals surface area contributed by atoms with Crippen LogP contribution >= 0.6 is 0 Å². The summed E-state index contributed by atoms with van der Waals surface area (Å²) in [6.45, 7) is 4.71. The number of unbranched alkanes of at least 4 members (excludes halogenated alkanes) is 1. The Morgan fingerprint density at radius 3 is 2.65 bits per heavy atom. The molecule has 0 radical (unpaired) electrons. The summed E-state index contributed by atoms with van der Waals surface area (Å²) in [6, 6.07) is 10.4. The molecule has 2 N–H and O–H groups in total. The van der Waals surface area contributed by atoms with Crippen LogP contribution in [0.25, 0.3) is 0 Å². The molecule has 2 rings (SSSR count). The molecule has 0 aliphatic heterocycles. The number of aryl methyl sites for hydroxylation is 1. The first-order valence-electron chi connectivity index (χ1n) is 7.53. The van der Waals surface area contributed by atoms with Gasteiger partial charge in [0.15, 0.2) is 0 Å². The average molecular weight is 309 g/mol. The van der Waals surface area contributed by atoms with Gasteiger partial charge in [0.1, 0.15) is 5.69 Å². The van der Waals surface area contributed by atoms with Gasteiger partial charge in [0.05, 0.1) is 11.6 Å². The zero-order valence-electron chi connectivity index (χ0n) is 13.3. The summed E-state index contributed by atoms with van der Waals surface area (Å²) < 4.78 is 0. The van der Waals surface area contributed by atoms with Crippen LogP contribution in [0.3, 0.4) is 0 Å². The van der Waals surface area contributed by atoms with E-state index in [1.54, 1.807) is 30.3 Å². The van der Waals surface area contributed by atoms with Crippen molar-refractivity contribution in [3.63, 3.8) is 0 Å². The van der Waals surface area contributed by atoms with Crippen molar-refractivity contribution < 1.29 is 4.79 Å². The van der Waals surface area contributed by atoms with Gasteiger partial charge in [-0.15, -0.1) is 0 Å². The Morgan fingerprint density at radius 1 is 1.26 bits per heavy atom. The van der Waals surface area contributed by atoms with Gasteiger partial charge in [-0.3, -0.25) is 4.79 Å². The lowest BCUT2D eigenvalue weighted by Gasteiger charge is -2.08. The summed E-state index contributed by atoms with van der Waals surface area (Å²) in [6.07, 6.45) is 2.09. The monoisotopic (exact) mass is 309 g/mol. The molecule has 2 aromatic rings. The summed E-state index contributed by atoms with van der Waals surface area (Å²) in [4.78, 5) is 20.8. The van der Waals surface area contributed by atoms with Crippen LogP contribution in [0.2, 0.25) is 0 Å². The molecule has 118 valence electrons. The van der Waals surface area contributed by atoms with Crippen LogP contribution in [-0.2, 0) is 0 Å². The van der Waals surface area contributed by atoms with Crippen LogP contribution in [0.1, 0.15) is 41.5 Å². The highest BCUT2D eigenvalue weighted by Gasteiger charge is 2.11. The molecule has 1 aromatic carbocycles. The van der Waals surface area contributed by atoms with Crippen molar-refractivity contribution >= 4 is 17.5 Å². The van der Waals surface area contributed by atoms with Crippen molar-refractivity contribution in [2.24, 2.45) is 0 Å². The fourth-order valence-corrected chi connectivity index (χ4v) is 1.96. The molecular weight excluding hydrogens is 290 g/mol. The topological polar surface area (TPSA) is 90.7 Å². The molecule has 0 spiro atoms. The summed E-state index contributed by atoms with van der Waals surface area (Å²) in [5.74, 6) is 0.155. The van der Waals surface area contributed by atoms with Gasteiger partial charge in [0.2, 0.25) is 5.95 Å². The second-order valence-electron chi connectivity index (χ2n) is 5.14. The molecular formula is C17H19N5O. The van der Waals surface area contributed by atoms with Gasteiger partial charge >= 0.3 is 0 Å². The number of hydrogen-bond acceptors (Lipinski definition) is 5. The van der Waals surface area contributed by atoms with Crippen LogP contribution in [0.4, 0.5) is 11.6 Å². The minimum atomic E-state index is -0.307. The lowest BCUT2D eigenvalue weighted by molar-refractivity contribution is 0.102. The van der Waals surface area contributed by atoms with E-state index >= 15 is 0 Å². The number of hydrogen-bond donors (Lipinski definition) is 2. The number of benzene rings is 1. The van der Waals surface area contributed by atoms with Gasteiger partial charge in [0, 0.05) is 17.9 Å². The van der Waals surface area contributed by atoms with Crippen LogP contribution in [0.15, 0.2) is 30.3 Å². The number of carbonyl (C=O) groups excluding carboxylic acids is 1. The summed E-state index contributed by atoms with van der Waals surface area (Å²) in [7, 11) is 0. The van der Waals surface area contributed by atoms with Crippen LogP contribution in [0, 0.1) is 18.3 Å². The van der Waals surface area contributed by atoms with Gasteiger partial charge in [-0.25, -0.2) is 9.97 Å². The highest BCUT2D eigenvalue weighted by atomic mass is 16.1. The van der Waals surface area contributed by atoms with Crippen molar-refractivity contribution in [3.05, 3.63) is 47.3 Å². The van der Waals surface area contributed by atoms with E-state index in [1.807, 2.05) is 13.0 Å². The maximum Gasteiger partial charge on any atom is 0.274 e. The molecule has 0 saturated carbocycles. The smallest absolute Gasteiger partial charge is 0.274 e. The van der Waals surface area contributed by atoms with Crippen molar-refractivity contribution in [3.8, 4) is 6.07 Å². The maximum absolute atomic E-state index is 12.3. The zero-order chi connectivity index (χ0) is 16.7. The fourth-order valence-electron chi connectivity index (χ4n) is 1.96. The van der Waals surface area contributed by atoms with E-state index in [1.165, 1.54) is 0 Å². The Bertz CT molecular complexity index is 719. The minimum absolute atomic E-state index is 0.306. The Balaban J connectivity index is 2.10. The number of amides is 1. The second-order valence-corrected chi connectivity index (χ2v) is 5.14. The standard InChI is InChI=1S/C17H19N5O/c1-3-4-9-19-17-20-12(2)10-15(22-17)16(23)21-14-7-5-13(11-18)6-8-14/h5-8,10H,3-4,9H2,1-2H3,(H,21,23)(H,19,20,22). The van der Waals surface area contributed by atoms with Crippen molar-refractivity contribution in [1.29, 1.82) is 5.26 Å². The highest BCUT2D eigenvalue weighted by Crippen LogP contribution is 2.12. The number of nitriles is 1. The van der Waals surface area contributed by atoms with Gasteiger partial charge in [-0.05, 0) is 43.7 Å². The minimum Gasteiger partial charge on any atom is -0.354 e. The molecule has 6 nitrogen and oxygen atoms in total. The first kappa shape index (κ1) is 16.4. The van der Waals surface area contributed by atoms with Gasteiger partial charge < -0.3 is 10.6 Å². The van der Waals surface area contributed by atoms with Crippen LogP contribution in [-0.4, -0.2) is 22.4 Å². The van der Waals surface area contributed by atoms with Gasteiger partial charge in [0.25, 0.3) is 5.91 Å². The molecule has 0 bridgehead atoms. The SMILES string of the molecule is CCCCNc1nc(C)cc(C(=O)Nc2ccc(C#N)cc2)n1. The number of anilines is 2. The van der Waals surface area contributed by atoms with E-state index in [-0.39, 0.29) is 5.91 Å². The quantitative estimate of drug-likeness (QED) is 0.800. The largest absolute Gasteiger partial charge is 0.354 e. The molecule has 0 aliphatic carbocycles. The molecule has 0 fully saturated rings. The van der Waals surface area contributed by atoms with E-state index in [0.29, 0.717) is 22.9 Å². The van der Waals surface area contributed by atoms with E-state index in [0.717, 1.165) is 25.1 Å². The fraction of sp³-hybridized carbons (Fsp3) is 0.294. The molecule has 1 aromatic heterocycles. The van der Waals surface area contributed by atoms with E-state index in [9.17, 15) is 4.79 Å². The second kappa shape index (κ2) is 7.90. The molecule has 1 amide bonds. The van der Waals surface area contributed by atoms with E-state index in [2.05, 4.69) is 27.5 Å². The molecule has 23 heavy (non-hydrogen) atoms. The van der Waals surface area contributed by atoms with Crippen molar-refractivity contribution in [2.75, 3.05) is 17.2 Å². The molecule has 0 atom stereocenters. The maximum atomic E-state index is 12.3.